The smallest absolute Gasteiger partial charge is 0.233 e. The van der Waals surface area contributed by atoms with Gasteiger partial charge in [-0.1, -0.05) is 41.6 Å². The Hall–Kier alpha value is -2.80. The van der Waals surface area contributed by atoms with Crippen molar-refractivity contribution >= 4 is 17.7 Å². The number of carbonyl (C=O) groups excluding carboxylic acids is 1. The molecule has 28 heavy (non-hydrogen) atoms. The van der Waals surface area contributed by atoms with Crippen molar-refractivity contribution in [3.63, 3.8) is 0 Å². The summed E-state index contributed by atoms with van der Waals surface area (Å²) in [4.78, 5) is 14.3. The van der Waals surface area contributed by atoms with Crippen LogP contribution in [0.4, 0.5) is 0 Å². The van der Waals surface area contributed by atoms with Crippen LogP contribution in [-0.2, 0) is 11.3 Å². The van der Waals surface area contributed by atoms with E-state index in [4.69, 9.17) is 4.74 Å². The van der Waals surface area contributed by atoms with E-state index >= 15 is 0 Å². The highest BCUT2D eigenvalue weighted by molar-refractivity contribution is 7.99. The van der Waals surface area contributed by atoms with Crippen molar-refractivity contribution in [2.24, 2.45) is 0 Å². The van der Waals surface area contributed by atoms with Crippen LogP contribution in [-0.4, -0.2) is 45.5 Å². The number of hydrogen-bond donors (Lipinski definition) is 0. The number of rotatable bonds is 7. The van der Waals surface area contributed by atoms with Gasteiger partial charge in [-0.15, -0.1) is 10.2 Å². The van der Waals surface area contributed by atoms with Gasteiger partial charge in [0.2, 0.25) is 5.91 Å². The van der Waals surface area contributed by atoms with Gasteiger partial charge >= 0.3 is 0 Å². The largest absolute Gasteiger partial charge is 0.497 e. The van der Waals surface area contributed by atoms with Crippen molar-refractivity contribution in [3.05, 3.63) is 65.5 Å². The van der Waals surface area contributed by atoms with Crippen LogP contribution in [0, 0.1) is 13.8 Å². The molecule has 7 heteroatoms. The number of aromatic nitrogens is 3. The molecule has 0 bridgehead atoms. The third kappa shape index (κ3) is 4.72. The van der Waals surface area contributed by atoms with E-state index in [0.717, 1.165) is 22.6 Å². The number of methoxy groups -OCH3 is 1. The molecular formula is C21H24N4O2S. The van der Waals surface area contributed by atoms with Crippen LogP contribution in [0.25, 0.3) is 5.69 Å². The third-order valence-corrected chi connectivity index (χ3v) is 5.39. The number of nitrogens with zero attached hydrogens (tertiary/aromatic N) is 4. The molecule has 0 aliphatic rings. The van der Waals surface area contributed by atoms with Gasteiger partial charge in [0.25, 0.3) is 0 Å². The molecule has 3 rings (SSSR count). The van der Waals surface area contributed by atoms with Gasteiger partial charge in [0.15, 0.2) is 5.16 Å². The maximum atomic E-state index is 12.5. The lowest BCUT2D eigenvalue weighted by Gasteiger charge is -2.17. The van der Waals surface area contributed by atoms with Crippen LogP contribution in [0.1, 0.15) is 16.7 Å². The van der Waals surface area contributed by atoms with Gasteiger partial charge in [-0.25, -0.2) is 0 Å². The highest BCUT2D eigenvalue weighted by Crippen LogP contribution is 2.23. The van der Waals surface area contributed by atoms with E-state index in [0.29, 0.717) is 17.5 Å². The first-order valence-corrected chi connectivity index (χ1v) is 9.94. The van der Waals surface area contributed by atoms with E-state index in [1.807, 2.05) is 35.9 Å². The van der Waals surface area contributed by atoms with Crippen LogP contribution >= 0.6 is 11.8 Å². The van der Waals surface area contributed by atoms with Crippen molar-refractivity contribution in [1.29, 1.82) is 0 Å². The molecule has 0 fully saturated rings. The zero-order chi connectivity index (χ0) is 20.1. The second-order valence-electron chi connectivity index (χ2n) is 6.66. The molecule has 0 aliphatic heterocycles. The molecule has 0 saturated carbocycles. The Morgan fingerprint density at radius 1 is 1.18 bits per heavy atom. The van der Waals surface area contributed by atoms with Crippen LogP contribution < -0.4 is 4.74 Å². The number of aryl methyl sites for hydroxylation is 2. The SMILES string of the molecule is COc1ccc(CN(C)C(=O)CSc2nncn2-c2ccc(C)cc2C)cc1. The summed E-state index contributed by atoms with van der Waals surface area (Å²) in [5.74, 6) is 1.14. The number of carbonyl (C=O) groups is 1. The van der Waals surface area contributed by atoms with Crippen molar-refractivity contribution in [2.45, 2.75) is 25.5 Å². The van der Waals surface area contributed by atoms with Gasteiger partial charge < -0.3 is 9.64 Å². The van der Waals surface area contributed by atoms with Gasteiger partial charge in [-0.2, -0.15) is 0 Å². The summed E-state index contributed by atoms with van der Waals surface area (Å²) in [6.07, 6.45) is 1.69. The molecule has 0 radical (unpaired) electrons. The van der Waals surface area contributed by atoms with E-state index in [1.54, 1.807) is 18.3 Å². The molecule has 0 atom stereocenters. The van der Waals surface area contributed by atoms with Gasteiger partial charge in [0, 0.05) is 13.6 Å². The van der Waals surface area contributed by atoms with E-state index in [9.17, 15) is 4.79 Å². The summed E-state index contributed by atoms with van der Waals surface area (Å²) in [7, 11) is 3.45. The second kappa shape index (κ2) is 8.93. The van der Waals surface area contributed by atoms with E-state index in [1.165, 1.54) is 17.3 Å². The molecule has 6 nitrogen and oxygen atoms in total. The molecule has 0 unspecified atom stereocenters. The fourth-order valence-corrected chi connectivity index (χ4v) is 3.76. The number of benzene rings is 2. The highest BCUT2D eigenvalue weighted by atomic mass is 32.2. The first kappa shape index (κ1) is 19.9. The lowest BCUT2D eigenvalue weighted by Crippen LogP contribution is -2.27. The third-order valence-electron chi connectivity index (χ3n) is 4.46. The molecule has 146 valence electrons. The molecule has 1 amide bonds. The average molecular weight is 397 g/mol. The highest BCUT2D eigenvalue weighted by Gasteiger charge is 2.14. The molecule has 0 aliphatic carbocycles. The minimum atomic E-state index is 0.0380. The Morgan fingerprint density at radius 2 is 1.93 bits per heavy atom. The fourth-order valence-electron chi connectivity index (χ4n) is 2.89. The molecule has 3 aromatic rings. The summed E-state index contributed by atoms with van der Waals surface area (Å²) in [5.41, 5.74) is 4.43. The fraction of sp³-hybridized carbons (Fsp3) is 0.286. The molecule has 1 heterocycles. The van der Waals surface area contributed by atoms with Gasteiger partial charge in [0.05, 0.1) is 18.6 Å². The van der Waals surface area contributed by atoms with Gasteiger partial charge in [-0.3, -0.25) is 9.36 Å². The summed E-state index contributed by atoms with van der Waals surface area (Å²) >= 11 is 1.39. The van der Waals surface area contributed by atoms with Crippen molar-refractivity contribution in [3.8, 4) is 11.4 Å². The number of hydrogen-bond acceptors (Lipinski definition) is 5. The molecular weight excluding hydrogens is 372 g/mol. The number of amides is 1. The quantitative estimate of drug-likeness (QED) is 0.571. The standard InChI is InChI=1S/C21H24N4O2S/c1-15-5-10-19(16(2)11-15)25-14-22-23-21(25)28-13-20(26)24(3)12-17-6-8-18(27-4)9-7-17/h5-11,14H,12-13H2,1-4H3. The topological polar surface area (TPSA) is 60.2 Å². The maximum absolute atomic E-state index is 12.5. The second-order valence-corrected chi connectivity index (χ2v) is 7.60. The molecule has 1 aromatic heterocycles. The Balaban J connectivity index is 1.62. The summed E-state index contributed by atoms with van der Waals surface area (Å²) in [5, 5.41) is 8.91. The first-order chi connectivity index (χ1) is 13.5. The predicted octanol–water partition coefficient (Wildman–Crippen LogP) is 3.64. The zero-order valence-electron chi connectivity index (χ0n) is 16.5. The normalized spacial score (nSPS) is 10.7. The summed E-state index contributed by atoms with van der Waals surface area (Å²) < 4.78 is 7.09. The van der Waals surface area contributed by atoms with Gasteiger partial charge in [-0.05, 0) is 43.2 Å². The Morgan fingerprint density at radius 3 is 2.61 bits per heavy atom. The van der Waals surface area contributed by atoms with E-state index in [-0.39, 0.29) is 5.91 Å². The van der Waals surface area contributed by atoms with Crippen LogP contribution in [0.2, 0.25) is 0 Å². The zero-order valence-corrected chi connectivity index (χ0v) is 17.4. The Labute approximate surface area is 169 Å². The van der Waals surface area contributed by atoms with E-state index in [2.05, 4.69) is 42.2 Å². The van der Waals surface area contributed by atoms with E-state index < -0.39 is 0 Å². The predicted molar refractivity (Wildman–Crippen MR) is 111 cm³/mol. The summed E-state index contributed by atoms with van der Waals surface area (Å²) in [6, 6.07) is 14.0. The van der Waals surface area contributed by atoms with Crippen LogP contribution in [0.15, 0.2) is 53.9 Å². The lowest BCUT2D eigenvalue weighted by atomic mass is 10.1. The lowest BCUT2D eigenvalue weighted by molar-refractivity contribution is -0.127. The van der Waals surface area contributed by atoms with Crippen molar-refractivity contribution in [2.75, 3.05) is 19.9 Å². The van der Waals surface area contributed by atoms with Crippen LogP contribution in [0.3, 0.4) is 0 Å². The van der Waals surface area contributed by atoms with Crippen LogP contribution in [0.5, 0.6) is 5.75 Å². The Kier molecular flexibility index (Phi) is 6.36. The minimum Gasteiger partial charge on any atom is -0.497 e. The molecule has 0 spiro atoms. The Bertz CT molecular complexity index is 953. The average Bonchev–Trinajstić information content (AvgIpc) is 3.15. The molecule has 0 N–H and O–H groups in total. The maximum Gasteiger partial charge on any atom is 0.233 e. The van der Waals surface area contributed by atoms with Crippen molar-refractivity contribution in [1.82, 2.24) is 19.7 Å². The molecule has 2 aromatic carbocycles. The van der Waals surface area contributed by atoms with Crippen molar-refractivity contribution < 1.29 is 9.53 Å². The minimum absolute atomic E-state index is 0.0380. The number of ether oxygens (including phenoxy) is 1. The van der Waals surface area contributed by atoms with Gasteiger partial charge in [0.1, 0.15) is 12.1 Å². The summed E-state index contributed by atoms with van der Waals surface area (Å²) in [6.45, 7) is 4.67. The number of thioether (sulfide) groups is 1. The molecule has 0 saturated heterocycles. The first-order valence-electron chi connectivity index (χ1n) is 8.95. The monoisotopic (exact) mass is 396 g/mol.